The number of pyridine rings is 1. The van der Waals surface area contributed by atoms with Crippen LogP contribution in [0.2, 0.25) is 0 Å². The van der Waals surface area contributed by atoms with Gasteiger partial charge in [-0.1, -0.05) is 109 Å². The summed E-state index contributed by atoms with van der Waals surface area (Å²) in [6.45, 7) is 0. The van der Waals surface area contributed by atoms with Crippen LogP contribution in [-0.4, -0.2) is 15.4 Å². The van der Waals surface area contributed by atoms with Crippen molar-refractivity contribution in [2.45, 2.75) is 6.42 Å². The molecule has 0 unspecified atom stereocenters. The Balaban J connectivity index is 1.31. The van der Waals surface area contributed by atoms with Gasteiger partial charge in [0, 0.05) is 34.3 Å². The molecule has 2 aromatic heterocycles. The Hall–Kier alpha value is -5.81. The zero-order chi connectivity index (χ0) is 29.9. The fraction of sp³-hybridized carbons (Fsp3) is 0.0256. The van der Waals surface area contributed by atoms with Crippen molar-refractivity contribution in [2.24, 2.45) is 10.7 Å². The molecule has 0 saturated heterocycles. The maximum absolute atomic E-state index is 15.3. The quantitative estimate of drug-likeness (QED) is 0.153. The third-order valence-electron chi connectivity index (χ3n) is 7.87. The van der Waals surface area contributed by atoms with Crippen LogP contribution in [0, 0.1) is 5.82 Å². The van der Waals surface area contributed by atoms with E-state index in [-0.39, 0.29) is 5.82 Å². The molecule has 0 saturated carbocycles. The predicted octanol–water partition coefficient (Wildman–Crippen LogP) is 8.97. The van der Waals surface area contributed by atoms with Crippen LogP contribution in [0.1, 0.15) is 16.7 Å². The molecule has 4 nitrogen and oxygen atoms in total. The van der Waals surface area contributed by atoms with Crippen LogP contribution in [0.15, 0.2) is 157 Å². The lowest BCUT2D eigenvalue weighted by molar-refractivity contribution is 0.615. The summed E-state index contributed by atoms with van der Waals surface area (Å²) >= 11 is 0. The average molecular weight is 573 g/mol. The second kappa shape index (κ2) is 11.8. The molecule has 0 spiro atoms. The Morgan fingerprint density at radius 1 is 0.727 bits per heavy atom. The van der Waals surface area contributed by atoms with Gasteiger partial charge in [-0.2, -0.15) is 0 Å². The van der Waals surface area contributed by atoms with E-state index in [2.05, 4.69) is 58.1 Å². The van der Waals surface area contributed by atoms with E-state index in [4.69, 9.17) is 10.7 Å². The van der Waals surface area contributed by atoms with Gasteiger partial charge in [0.05, 0.1) is 22.4 Å². The molecule has 0 aliphatic carbocycles. The van der Waals surface area contributed by atoms with Gasteiger partial charge in [0.25, 0.3) is 0 Å². The standard InChI is InChI=1S/C39H29FN4/c40-34-21-19-29(25-30(34)20-22-35(27-11-3-1-4-12-27)43-39(41)28-13-5-2-6-14-28)33-26-42-24-23-38(33)44-36-17-9-7-15-31(36)32-16-8-10-18-37(32)44/h1-19,21-26H,20H2,(H2,41,43)/b35-22-. The van der Waals surface area contributed by atoms with Gasteiger partial charge >= 0.3 is 0 Å². The number of fused-ring (bicyclic) bond motifs is 3. The van der Waals surface area contributed by atoms with Gasteiger partial charge in [0.1, 0.15) is 11.7 Å². The van der Waals surface area contributed by atoms with Crippen molar-refractivity contribution in [2.75, 3.05) is 0 Å². The zero-order valence-corrected chi connectivity index (χ0v) is 23.9. The monoisotopic (exact) mass is 572 g/mol. The van der Waals surface area contributed by atoms with Gasteiger partial charge in [-0.3, -0.25) is 4.98 Å². The smallest absolute Gasteiger partial charge is 0.131 e. The van der Waals surface area contributed by atoms with E-state index in [1.54, 1.807) is 6.20 Å². The number of hydrogen-bond acceptors (Lipinski definition) is 2. The Bertz CT molecular complexity index is 2110. The number of allylic oxidation sites excluding steroid dienone is 1. The van der Waals surface area contributed by atoms with Crippen molar-refractivity contribution >= 4 is 33.3 Å². The van der Waals surface area contributed by atoms with E-state index in [1.165, 1.54) is 16.8 Å². The van der Waals surface area contributed by atoms with Crippen LogP contribution < -0.4 is 5.73 Å². The Kier molecular flexibility index (Phi) is 7.27. The van der Waals surface area contributed by atoms with Gasteiger partial charge in [-0.15, -0.1) is 0 Å². The summed E-state index contributed by atoms with van der Waals surface area (Å²) < 4.78 is 17.6. The highest BCUT2D eigenvalue weighted by Gasteiger charge is 2.16. The first-order valence-corrected chi connectivity index (χ1v) is 14.5. The highest BCUT2D eigenvalue weighted by atomic mass is 19.1. The number of benzene rings is 5. The molecule has 2 heterocycles. The fourth-order valence-corrected chi connectivity index (χ4v) is 5.73. The molecule has 44 heavy (non-hydrogen) atoms. The molecule has 0 atom stereocenters. The third kappa shape index (κ3) is 5.16. The molecular weight excluding hydrogens is 543 g/mol. The largest absolute Gasteiger partial charge is 0.383 e. The number of amidine groups is 1. The molecular formula is C39H29FN4. The molecule has 5 heteroatoms. The van der Waals surface area contributed by atoms with Crippen LogP contribution in [0.5, 0.6) is 0 Å². The molecule has 0 aliphatic heterocycles. The number of rotatable bonds is 7. The second-order valence-corrected chi connectivity index (χ2v) is 10.6. The third-order valence-corrected chi connectivity index (χ3v) is 7.87. The Morgan fingerprint density at radius 3 is 2.02 bits per heavy atom. The summed E-state index contributed by atoms with van der Waals surface area (Å²) in [5.74, 6) is 0.126. The highest BCUT2D eigenvalue weighted by molar-refractivity contribution is 6.09. The van der Waals surface area contributed by atoms with Crippen molar-refractivity contribution in [3.8, 4) is 16.8 Å². The van der Waals surface area contributed by atoms with Crippen LogP contribution >= 0.6 is 0 Å². The van der Waals surface area contributed by atoms with Crippen molar-refractivity contribution in [1.29, 1.82) is 0 Å². The number of hydrogen-bond donors (Lipinski definition) is 1. The van der Waals surface area contributed by atoms with Gasteiger partial charge < -0.3 is 10.3 Å². The average Bonchev–Trinajstić information content (AvgIpc) is 3.42. The molecule has 0 fully saturated rings. The van der Waals surface area contributed by atoms with E-state index in [9.17, 15) is 0 Å². The minimum absolute atomic E-state index is 0.278. The first kappa shape index (κ1) is 27.0. The normalized spacial score (nSPS) is 12.2. The molecule has 7 aromatic rings. The van der Waals surface area contributed by atoms with Crippen LogP contribution in [-0.2, 0) is 6.42 Å². The van der Waals surface area contributed by atoms with E-state index in [0.717, 1.165) is 39.0 Å². The van der Waals surface area contributed by atoms with Crippen molar-refractivity contribution in [1.82, 2.24) is 9.55 Å². The predicted molar refractivity (Wildman–Crippen MR) is 179 cm³/mol. The van der Waals surface area contributed by atoms with Gasteiger partial charge in [-0.25, -0.2) is 9.38 Å². The first-order chi connectivity index (χ1) is 21.7. The van der Waals surface area contributed by atoms with Crippen molar-refractivity contribution < 1.29 is 4.39 Å². The summed E-state index contributed by atoms with van der Waals surface area (Å²) in [7, 11) is 0. The zero-order valence-electron chi connectivity index (χ0n) is 23.9. The summed E-state index contributed by atoms with van der Waals surface area (Å²) in [5, 5.41) is 2.36. The lowest BCUT2D eigenvalue weighted by Crippen LogP contribution is -2.13. The summed E-state index contributed by atoms with van der Waals surface area (Å²) in [6, 6.07) is 43.5. The molecule has 5 aromatic carbocycles. The molecule has 212 valence electrons. The van der Waals surface area contributed by atoms with Crippen LogP contribution in [0.25, 0.3) is 44.3 Å². The molecule has 0 aliphatic rings. The van der Waals surface area contributed by atoms with E-state index in [1.807, 2.05) is 91.1 Å². The molecule has 7 rings (SSSR count). The van der Waals surface area contributed by atoms with Crippen LogP contribution in [0.4, 0.5) is 4.39 Å². The number of aliphatic imine (C=N–C) groups is 1. The Labute approximate surface area is 255 Å². The number of halogens is 1. The van der Waals surface area contributed by atoms with Crippen LogP contribution in [0.3, 0.4) is 0 Å². The minimum atomic E-state index is -0.278. The summed E-state index contributed by atoms with van der Waals surface area (Å²) in [6.07, 6.45) is 5.92. The Morgan fingerprint density at radius 2 is 1.34 bits per heavy atom. The number of nitrogens with two attached hydrogens (primary N) is 1. The van der Waals surface area contributed by atoms with E-state index >= 15 is 4.39 Å². The SMILES string of the molecule is NC(=N/C(=C\Cc1cc(-c2cnccc2-n2c3ccccc3c3ccccc32)ccc1F)c1ccccc1)c1ccccc1. The lowest BCUT2D eigenvalue weighted by Gasteiger charge is -2.14. The van der Waals surface area contributed by atoms with Gasteiger partial charge in [0.15, 0.2) is 0 Å². The van der Waals surface area contributed by atoms with Crippen molar-refractivity contribution in [3.05, 3.63) is 174 Å². The molecule has 0 bridgehead atoms. The molecule has 2 N–H and O–H groups in total. The van der Waals surface area contributed by atoms with Gasteiger partial charge in [0.2, 0.25) is 0 Å². The number of para-hydroxylation sites is 2. The topological polar surface area (TPSA) is 56.2 Å². The lowest BCUT2D eigenvalue weighted by atomic mass is 10.00. The van der Waals surface area contributed by atoms with E-state index < -0.39 is 0 Å². The van der Waals surface area contributed by atoms with E-state index in [0.29, 0.717) is 23.5 Å². The maximum Gasteiger partial charge on any atom is 0.131 e. The molecule has 0 amide bonds. The molecule has 0 radical (unpaired) electrons. The summed E-state index contributed by atoms with van der Waals surface area (Å²) in [5.41, 5.74) is 14.4. The minimum Gasteiger partial charge on any atom is -0.383 e. The van der Waals surface area contributed by atoms with Gasteiger partial charge in [-0.05, 0) is 53.4 Å². The maximum atomic E-state index is 15.3. The second-order valence-electron chi connectivity index (χ2n) is 10.6. The van der Waals surface area contributed by atoms with Crippen molar-refractivity contribution in [3.63, 3.8) is 0 Å². The first-order valence-electron chi connectivity index (χ1n) is 14.5. The highest BCUT2D eigenvalue weighted by Crippen LogP contribution is 2.36. The fourth-order valence-electron chi connectivity index (χ4n) is 5.73. The number of nitrogens with zero attached hydrogens (tertiary/aromatic N) is 3. The number of aromatic nitrogens is 2. The summed E-state index contributed by atoms with van der Waals surface area (Å²) in [4.78, 5) is 9.24.